The molecule has 1 aliphatic carbocycles. The molecular formula is C20H32N6O3S. The fourth-order valence-corrected chi connectivity index (χ4v) is 5.53. The molecule has 166 valence electrons. The number of rotatable bonds is 7. The highest BCUT2D eigenvalue weighted by Crippen LogP contribution is 2.41. The summed E-state index contributed by atoms with van der Waals surface area (Å²) in [6.45, 7) is 3.55. The first-order chi connectivity index (χ1) is 14.4. The van der Waals surface area contributed by atoms with Crippen LogP contribution in [0.2, 0.25) is 0 Å². The second-order valence-corrected chi connectivity index (χ2v) is 9.56. The van der Waals surface area contributed by atoms with Gasteiger partial charge in [0.15, 0.2) is 6.29 Å². The van der Waals surface area contributed by atoms with Gasteiger partial charge in [0.2, 0.25) is 5.96 Å². The van der Waals surface area contributed by atoms with Gasteiger partial charge >= 0.3 is 10.2 Å². The van der Waals surface area contributed by atoms with E-state index in [-0.39, 0.29) is 5.96 Å². The van der Waals surface area contributed by atoms with Gasteiger partial charge in [-0.25, -0.2) is 0 Å². The summed E-state index contributed by atoms with van der Waals surface area (Å²) in [5.41, 5.74) is 8.44. The van der Waals surface area contributed by atoms with Crippen LogP contribution in [-0.4, -0.2) is 63.8 Å². The molecule has 9 nitrogen and oxygen atoms in total. The third-order valence-corrected chi connectivity index (χ3v) is 7.12. The standard InChI is InChI=1S/C20H32N6O3S/c1-25-19(21)23-30(27,28)24-20(25)22-11-6-14-29-18-8-5-7-15-16(18)9-10-17(15)26-12-3-2-4-13-26/h5,7-8,17,20,22,24H,2-4,6,9-14H2,1H3,(H2,21,23). The van der Waals surface area contributed by atoms with E-state index in [1.54, 1.807) is 11.9 Å². The van der Waals surface area contributed by atoms with Crippen molar-refractivity contribution < 1.29 is 13.2 Å². The van der Waals surface area contributed by atoms with Crippen LogP contribution in [0.25, 0.3) is 0 Å². The van der Waals surface area contributed by atoms with Gasteiger partial charge in [0, 0.05) is 19.6 Å². The molecule has 2 atom stereocenters. The number of nitrogens with two attached hydrogens (primary N) is 1. The number of hydrogen-bond acceptors (Lipinski definition) is 7. The Morgan fingerprint density at radius 2 is 2.10 bits per heavy atom. The number of ether oxygens (including phenoxy) is 1. The number of guanidine groups is 1. The molecule has 1 saturated heterocycles. The van der Waals surface area contributed by atoms with Gasteiger partial charge in [0.25, 0.3) is 0 Å². The van der Waals surface area contributed by atoms with E-state index < -0.39 is 16.5 Å². The van der Waals surface area contributed by atoms with Crippen LogP contribution in [0.5, 0.6) is 5.75 Å². The Kier molecular flexibility index (Phi) is 6.47. The molecule has 30 heavy (non-hydrogen) atoms. The van der Waals surface area contributed by atoms with Crippen molar-refractivity contribution in [1.82, 2.24) is 19.8 Å². The number of likely N-dealkylation sites (tertiary alicyclic amines) is 1. The molecule has 0 saturated carbocycles. The van der Waals surface area contributed by atoms with Crippen LogP contribution in [0.3, 0.4) is 0 Å². The van der Waals surface area contributed by atoms with Crippen molar-refractivity contribution in [3.63, 3.8) is 0 Å². The zero-order chi connectivity index (χ0) is 21.1. The number of nitrogens with zero attached hydrogens (tertiary/aromatic N) is 3. The van der Waals surface area contributed by atoms with E-state index in [4.69, 9.17) is 10.5 Å². The summed E-state index contributed by atoms with van der Waals surface area (Å²) in [6, 6.07) is 6.95. The van der Waals surface area contributed by atoms with Crippen molar-refractivity contribution in [3.05, 3.63) is 29.3 Å². The lowest BCUT2D eigenvalue weighted by Crippen LogP contribution is -2.61. The number of nitrogens with one attached hydrogen (secondary N) is 2. The first-order valence-electron chi connectivity index (χ1n) is 10.8. The van der Waals surface area contributed by atoms with Crippen molar-refractivity contribution in [2.45, 2.75) is 50.9 Å². The lowest BCUT2D eigenvalue weighted by Gasteiger charge is -2.32. The molecular weight excluding hydrogens is 404 g/mol. The van der Waals surface area contributed by atoms with Crippen molar-refractivity contribution in [1.29, 1.82) is 0 Å². The Hall–Kier alpha value is -1.88. The zero-order valence-electron chi connectivity index (χ0n) is 17.5. The molecule has 0 radical (unpaired) electrons. The van der Waals surface area contributed by atoms with Crippen LogP contribution in [0.15, 0.2) is 22.6 Å². The Morgan fingerprint density at radius 3 is 2.90 bits per heavy atom. The third-order valence-electron chi connectivity index (χ3n) is 6.17. The fourth-order valence-electron chi connectivity index (χ4n) is 4.58. The average Bonchev–Trinajstić information content (AvgIpc) is 3.16. The van der Waals surface area contributed by atoms with E-state index in [0.29, 0.717) is 19.2 Å². The molecule has 1 fully saturated rings. The summed E-state index contributed by atoms with van der Waals surface area (Å²) in [4.78, 5) is 4.19. The number of piperidine rings is 1. The van der Waals surface area contributed by atoms with E-state index in [1.807, 2.05) is 0 Å². The van der Waals surface area contributed by atoms with Crippen LogP contribution >= 0.6 is 0 Å². The number of hydrogen-bond donors (Lipinski definition) is 3. The van der Waals surface area contributed by atoms with Crippen molar-refractivity contribution in [2.75, 3.05) is 33.3 Å². The maximum Gasteiger partial charge on any atom is 0.325 e. The Balaban J connectivity index is 1.27. The predicted octanol–water partition coefficient (Wildman–Crippen LogP) is 0.896. The van der Waals surface area contributed by atoms with Gasteiger partial charge in [-0.15, -0.1) is 4.40 Å². The van der Waals surface area contributed by atoms with E-state index in [0.717, 1.165) is 18.6 Å². The molecule has 0 bridgehead atoms. The fraction of sp³-hybridized carbons (Fsp3) is 0.650. The largest absolute Gasteiger partial charge is 0.493 e. The predicted molar refractivity (Wildman–Crippen MR) is 116 cm³/mol. The molecule has 0 spiro atoms. The highest BCUT2D eigenvalue weighted by Gasteiger charge is 2.31. The third kappa shape index (κ3) is 4.72. The average molecular weight is 437 g/mol. The van der Waals surface area contributed by atoms with E-state index in [9.17, 15) is 8.42 Å². The minimum Gasteiger partial charge on any atom is -0.493 e. The molecule has 10 heteroatoms. The minimum absolute atomic E-state index is 0.0365. The molecule has 4 N–H and O–H groups in total. The molecule has 1 aromatic carbocycles. The summed E-state index contributed by atoms with van der Waals surface area (Å²) in [7, 11) is -2.07. The highest BCUT2D eigenvalue weighted by atomic mass is 32.2. The van der Waals surface area contributed by atoms with Gasteiger partial charge in [-0.2, -0.15) is 13.1 Å². The van der Waals surface area contributed by atoms with Gasteiger partial charge in [0.1, 0.15) is 5.75 Å². The topological polar surface area (TPSA) is 112 Å². The van der Waals surface area contributed by atoms with Crippen LogP contribution < -0.4 is 20.5 Å². The molecule has 0 aromatic heterocycles. The Labute approximate surface area is 178 Å². The molecule has 2 heterocycles. The lowest BCUT2D eigenvalue weighted by molar-refractivity contribution is 0.163. The SMILES string of the molecule is CN1C(N)=NS(=O)(=O)NC1NCCCOc1cccc2c1CCC2N1CCCCC1. The second kappa shape index (κ2) is 9.09. The van der Waals surface area contributed by atoms with Crippen molar-refractivity contribution in [3.8, 4) is 5.75 Å². The zero-order valence-corrected chi connectivity index (χ0v) is 18.3. The molecule has 4 rings (SSSR count). The Morgan fingerprint density at radius 1 is 1.30 bits per heavy atom. The normalized spacial score (nSPS) is 26.3. The quantitative estimate of drug-likeness (QED) is 0.544. The van der Waals surface area contributed by atoms with Crippen LogP contribution in [0, 0.1) is 0 Å². The van der Waals surface area contributed by atoms with E-state index in [1.165, 1.54) is 49.9 Å². The summed E-state index contributed by atoms with van der Waals surface area (Å²) >= 11 is 0. The highest BCUT2D eigenvalue weighted by molar-refractivity contribution is 7.88. The van der Waals surface area contributed by atoms with Crippen molar-refractivity contribution >= 4 is 16.2 Å². The molecule has 3 aliphatic rings. The summed E-state index contributed by atoms with van der Waals surface area (Å²) in [5.74, 6) is 0.949. The maximum atomic E-state index is 11.7. The second-order valence-electron chi connectivity index (χ2n) is 8.19. The molecule has 2 unspecified atom stereocenters. The molecule has 1 aromatic rings. The Bertz CT molecular complexity index is 885. The van der Waals surface area contributed by atoms with Crippen molar-refractivity contribution in [2.24, 2.45) is 10.1 Å². The van der Waals surface area contributed by atoms with Gasteiger partial charge < -0.3 is 15.4 Å². The lowest BCUT2D eigenvalue weighted by atomic mass is 10.0. The monoisotopic (exact) mass is 436 g/mol. The minimum atomic E-state index is -3.75. The number of benzene rings is 1. The summed E-state index contributed by atoms with van der Waals surface area (Å²) in [6.07, 6.45) is 6.33. The van der Waals surface area contributed by atoms with Gasteiger partial charge in [-0.05, 0) is 62.4 Å². The van der Waals surface area contributed by atoms with Gasteiger partial charge in [-0.1, -0.05) is 18.6 Å². The van der Waals surface area contributed by atoms with E-state index >= 15 is 0 Å². The summed E-state index contributed by atoms with van der Waals surface area (Å²) in [5, 5.41) is 3.13. The first-order valence-corrected chi connectivity index (χ1v) is 12.2. The summed E-state index contributed by atoms with van der Waals surface area (Å²) < 4.78 is 35.3. The smallest absolute Gasteiger partial charge is 0.325 e. The van der Waals surface area contributed by atoms with Gasteiger partial charge in [-0.3, -0.25) is 10.2 Å². The van der Waals surface area contributed by atoms with E-state index in [2.05, 4.69) is 37.5 Å². The maximum absolute atomic E-state index is 11.7. The molecule has 0 amide bonds. The van der Waals surface area contributed by atoms with Gasteiger partial charge in [0.05, 0.1) is 6.61 Å². The van der Waals surface area contributed by atoms with Crippen LogP contribution in [0.1, 0.15) is 49.3 Å². The number of fused-ring (bicyclic) bond motifs is 1. The van der Waals surface area contributed by atoms with Crippen LogP contribution in [-0.2, 0) is 16.6 Å². The molecule has 2 aliphatic heterocycles. The first kappa shape index (κ1) is 21.4. The van der Waals surface area contributed by atoms with Crippen LogP contribution in [0.4, 0.5) is 0 Å².